The molecule has 40 heavy (non-hydrogen) atoms. The number of thiazole rings is 1. The highest BCUT2D eigenvalue weighted by molar-refractivity contribution is 7.09. The molecule has 0 radical (unpaired) electrons. The van der Waals surface area contributed by atoms with Gasteiger partial charge in [0.2, 0.25) is 5.91 Å². The number of imide groups is 1. The van der Waals surface area contributed by atoms with Gasteiger partial charge in [-0.1, -0.05) is 54.6 Å². The van der Waals surface area contributed by atoms with E-state index in [9.17, 15) is 14.4 Å². The first kappa shape index (κ1) is 24.7. The lowest BCUT2D eigenvalue weighted by atomic mass is 9.94. The fraction of sp³-hybridized carbons (Fsp3) is 0.250. The summed E-state index contributed by atoms with van der Waals surface area (Å²) in [7, 11) is 0. The molecule has 1 N–H and O–H groups in total. The highest BCUT2D eigenvalue weighted by Crippen LogP contribution is 2.43. The van der Waals surface area contributed by atoms with Gasteiger partial charge in [-0.05, 0) is 54.2 Å². The Morgan fingerprint density at radius 1 is 0.950 bits per heavy atom. The van der Waals surface area contributed by atoms with Crippen LogP contribution in [-0.4, -0.2) is 40.7 Å². The van der Waals surface area contributed by atoms with Gasteiger partial charge in [-0.2, -0.15) is 0 Å². The van der Waals surface area contributed by atoms with Crippen molar-refractivity contribution in [1.29, 1.82) is 0 Å². The van der Waals surface area contributed by atoms with Crippen molar-refractivity contribution in [2.75, 3.05) is 18.0 Å². The highest BCUT2D eigenvalue weighted by Gasteiger charge is 2.40. The molecule has 3 amide bonds. The van der Waals surface area contributed by atoms with Crippen molar-refractivity contribution in [3.05, 3.63) is 105 Å². The largest absolute Gasteiger partial charge is 0.370 e. The van der Waals surface area contributed by atoms with Crippen LogP contribution < -0.4 is 10.2 Å². The molecule has 1 aliphatic carbocycles. The molecule has 3 aliphatic rings. The lowest BCUT2D eigenvalue weighted by molar-refractivity contribution is -0.125. The molecule has 0 bridgehead atoms. The maximum absolute atomic E-state index is 13.7. The number of benzene rings is 3. The zero-order valence-corrected chi connectivity index (χ0v) is 22.9. The van der Waals surface area contributed by atoms with Gasteiger partial charge < -0.3 is 10.2 Å². The summed E-state index contributed by atoms with van der Waals surface area (Å²) >= 11 is 1.45. The van der Waals surface area contributed by atoms with E-state index < -0.39 is 0 Å². The van der Waals surface area contributed by atoms with E-state index in [0.29, 0.717) is 17.7 Å². The van der Waals surface area contributed by atoms with E-state index in [1.165, 1.54) is 16.2 Å². The van der Waals surface area contributed by atoms with Crippen molar-refractivity contribution in [1.82, 2.24) is 15.2 Å². The second-order valence-electron chi connectivity index (χ2n) is 10.7. The van der Waals surface area contributed by atoms with Gasteiger partial charge in [0, 0.05) is 24.2 Å². The van der Waals surface area contributed by atoms with Crippen molar-refractivity contribution in [3.8, 4) is 11.1 Å². The summed E-state index contributed by atoms with van der Waals surface area (Å²) in [5, 5.41) is 5.99. The van der Waals surface area contributed by atoms with Crippen LogP contribution in [0.25, 0.3) is 11.1 Å². The molecule has 200 valence electrons. The van der Waals surface area contributed by atoms with E-state index in [-0.39, 0.29) is 36.2 Å². The number of amides is 3. The number of hydrogen-bond acceptors (Lipinski definition) is 6. The number of aryl methyl sites for hydroxylation is 1. The summed E-state index contributed by atoms with van der Waals surface area (Å²) in [5.74, 6) is -0.808. The summed E-state index contributed by atoms with van der Waals surface area (Å²) < 4.78 is 0. The fourth-order valence-electron chi connectivity index (χ4n) is 6.31. The third kappa shape index (κ3) is 4.02. The summed E-state index contributed by atoms with van der Waals surface area (Å²) in [6.07, 6.45) is 1.60. The van der Waals surface area contributed by atoms with Crippen LogP contribution in [0.15, 0.2) is 72.1 Å². The van der Waals surface area contributed by atoms with Crippen molar-refractivity contribution in [3.63, 3.8) is 0 Å². The quantitative estimate of drug-likeness (QED) is 0.340. The van der Waals surface area contributed by atoms with Crippen LogP contribution in [0.1, 0.15) is 61.4 Å². The van der Waals surface area contributed by atoms with E-state index in [1.54, 1.807) is 6.07 Å². The van der Waals surface area contributed by atoms with Crippen LogP contribution in [0.5, 0.6) is 0 Å². The minimum atomic E-state index is -0.297. The summed E-state index contributed by atoms with van der Waals surface area (Å²) in [5.41, 5.74) is 7.00. The van der Waals surface area contributed by atoms with E-state index in [0.717, 1.165) is 58.0 Å². The van der Waals surface area contributed by atoms with Crippen molar-refractivity contribution in [2.45, 2.75) is 32.4 Å². The number of fused-ring (bicyclic) bond motifs is 4. The molecule has 7 rings (SSSR count). The molecule has 1 saturated heterocycles. The van der Waals surface area contributed by atoms with Gasteiger partial charge in [0.15, 0.2) is 0 Å². The average molecular weight is 549 g/mol. The number of anilines is 1. The molecule has 1 atom stereocenters. The van der Waals surface area contributed by atoms with Crippen LogP contribution in [0.3, 0.4) is 0 Å². The molecular formula is C32H28N4O3S. The summed E-state index contributed by atoms with van der Waals surface area (Å²) in [4.78, 5) is 48.3. The number of hydrogen-bond donors (Lipinski definition) is 1. The summed E-state index contributed by atoms with van der Waals surface area (Å²) in [6, 6.07) is 21.7. The second-order valence-corrected chi connectivity index (χ2v) is 11.6. The number of piperidine rings is 1. The number of nitrogens with zero attached hydrogens (tertiary/aromatic N) is 3. The standard InChI is InChI=1S/C32H28N4O3S/c1-19-18-40-27(33-19)17-36-31(38)25-13-6-14-26(28(25)32(36)39)35-15-7-8-20(16-35)30(37)34-29-23-11-4-2-9-21(23)22-10-3-5-12-24(22)29/h2-6,9-14,18,20,29H,7-8,15-17H2,1H3,(H,34,37). The molecule has 2 aliphatic heterocycles. The predicted molar refractivity (Wildman–Crippen MR) is 154 cm³/mol. The molecule has 0 saturated carbocycles. The van der Waals surface area contributed by atoms with Crippen molar-refractivity contribution in [2.24, 2.45) is 5.92 Å². The lowest BCUT2D eigenvalue weighted by Crippen LogP contribution is -2.44. The highest BCUT2D eigenvalue weighted by atomic mass is 32.1. The Kier molecular flexibility index (Phi) is 6.00. The Balaban J connectivity index is 1.12. The first-order valence-electron chi connectivity index (χ1n) is 13.6. The number of carbonyl (C=O) groups excluding carboxylic acids is 3. The molecular weight excluding hydrogens is 520 g/mol. The zero-order valence-electron chi connectivity index (χ0n) is 22.1. The molecule has 0 spiro atoms. The first-order chi connectivity index (χ1) is 19.5. The first-order valence-corrected chi connectivity index (χ1v) is 14.5. The molecule has 3 heterocycles. The van der Waals surface area contributed by atoms with E-state index >= 15 is 0 Å². The Hall–Kier alpha value is -4.30. The third-order valence-electron chi connectivity index (χ3n) is 8.19. The Bertz CT molecular complexity index is 1630. The van der Waals surface area contributed by atoms with E-state index in [2.05, 4.69) is 39.5 Å². The smallest absolute Gasteiger partial charge is 0.264 e. The number of aromatic nitrogens is 1. The molecule has 1 fully saturated rings. The zero-order chi connectivity index (χ0) is 27.4. The predicted octanol–water partition coefficient (Wildman–Crippen LogP) is 5.35. The van der Waals surface area contributed by atoms with E-state index in [1.807, 2.05) is 48.7 Å². The summed E-state index contributed by atoms with van der Waals surface area (Å²) in [6.45, 7) is 3.28. The van der Waals surface area contributed by atoms with Crippen LogP contribution in [-0.2, 0) is 11.3 Å². The van der Waals surface area contributed by atoms with Gasteiger partial charge in [0.05, 0.1) is 35.3 Å². The van der Waals surface area contributed by atoms with Gasteiger partial charge >= 0.3 is 0 Å². The number of carbonyl (C=O) groups is 3. The Labute approximate surface area is 236 Å². The molecule has 8 heteroatoms. The molecule has 7 nitrogen and oxygen atoms in total. The minimum absolute atomic E-state index is 0.0111. The number of nitrogens with one attached hydrogen (secondary N) is 1. The monoisotopic (exact) mass is 548 g/mol. The molecule has 1 unspecified atom stereocenters. The van der Waals surface area contributed by atoms with Crippen LogP contribution in [0.4, 0.5) is 5.69 Å². The number of rotatable bonds is 5. The third-order valence-corrected chi connectivity index (χ3v) is 9.14. The van der Waals surface area contributed by atoms with Crippen molar-refractivity contribution >= 4 is 34.7 Å². The van der Waals surface area contributed by atoms with Crippen LogP contribution in [0.2, 0.25) is 0 Å². The minimum Gasteiger partial charge on any atom is -0.370 e. The second kappa shape index (κ2) is 9.71. The van der Waals surface area contributed by atoms with Gasteiger partial charge in [0.1, 0.15) is 5.01 Å². The van der Waals surface area contributed by atoms with Gasteiger partial charge in [-0.25, -0.2) is 4.98 Å². The van der Waals surface area contributed by atoms with Crippen molar-refractivity contribution < 1.29 is 14.4 Å². The lowest BCUT2D eigenvalue weighted by Gasteiger charge is -2.35. The van der Waals surface area contributed by atoms with Crippen LogP contribution in [0, 0.1) is 12.8 Å². The van der Waals surface area contributed by atoms with Gasteiger partial charge in [-0.15, -0.1) is 11.3 Å². The fourth-order valence-corrected chi connectivity index (χ4v) is 7.07. The maximum atomic E-state index is 13.7. The van der Waals surface area contributed by atoms with Crippen LogP contribution >= 0.6 is 11.3 Å². The maximum Gasteiger partial charge on any atom is 0.264 e. The molecule has 1 aromatic heterocycles. The SMILES string of the molecule is Cc1csc(CN2C(=O)c3cccc(N4CCCC(C(=O)NC5c6ccccc6-c6ccccc65)C4)c3C2=O)n1. The average Bonchev–Trinajstić information content (AvgIpc) is 3.62. The Morgan fingerprint density at radius 3 is 2.35 bits per heavy atom. The van der Waals surface area contributed by atoms with E-state index in [4.69, 9.17) is 0 Å². The Morgan fingerprint density at radius 2 is 1.65 bits per heavy atom. The normalized spacial score (nSPS) is 18.1. The molecule has 4 aromatic rings. The van der Waals surface area contributed by atoms with Gasteiger partial charge in [0.25, 0.3) is 11.8 Å². The molecule has 3 aromatic carbocycles. The van der Waals surface area contributed by atoms with Gasteiger partial charge in [-0.3, -0.25) is 19.3 Å². The topological polar surface area (TPSA) is 82.6 Å².